The molecule has 0 fully saturated rings. The van der Waals surface area contributed by atoms with Crippen LogP contribution in [0, 0.1) is 0 Å². The van der Waals surface area contributed by atoms with Crippen LogP contribution in [0.3, 0.4) is 0 Å². The lowest BCUT2D eigenvalue weighted by Crippen LogP contribution is -2.42. The Kier molecular flexibility index (Phi) is 5.63. The highest BCUT2D eigenvalue weighted by molar-refractivity contribution is 5.93. The third kappa shape index (κ3) is 4.04. The summed E-state index contributed by atoms with van der Waals surface area (Å²) in [4.78, 5) is 28.4. The zero-order chi connectivity index (χ0) is 13.4. The zero-order valence-corrected chi connectivity index (χ0v) is 10.5. The van der Waals surface area contributed by atoms with Crippen LogP contribution in [-0.4, -0.2) is 36.7 Å². The highest BCUT2D eigenvalue weighted by atomic mass is 16.5. The zero-order valence-electron chi connectivity index (χ0n) is 10.5. The molecule has 0 aliphatic rings. The molecule has 1 aromatic heterocycles. The molecule has 1 aromatic rings. The van der Waals surface area contributed by atoms with Gasteiger partial charge in [-0.1, -0.05) is 0 Å². The first-order valence-corrected chi connectivity index (χ1v) is 5.80. The molecule has 0 unspecified atom stereocenters. The van der Waals surface area contributed by atoms with Gasteiger partial charge in [0.15, 0.2) is 0 Å². The summed E-state index contributed by atoms with van der Waals surface area (Å²) in [6.45, 7) is 4.24. The standard InChI is InChI=1S/C12H17N3O3/c1-3-15(10-5-7-13-8-6-10)12(17)14-9-11(16)18-4-2/h5-8H,3-4,9H2,1-2H3,(H,14,17). The van der Waals surface area contributed by atoms with Crippen molar-refractivity contribution >= 4 is 17.7 Å². The van der Waals surface area contributed by atoms with Crippen molar-refractivity contribution in [1.82, 2.24) is 10.3 Å². The number of esters is 1. The van der Waals surface area contributed by atoms with E-state index in [2.05, 4.69) is 10.3 Å². The summed E-state index contributed by atoms with van der Waals surface area (Å²) in [7, 11) is 0. The molecule has 1 heterocycles. The number of amides is 2. The maximum absolute atomic E-state index is 11.9. The normalized spacial score (nSPS) is 9.67. The Labute approximate surface area is 106 Å². The molecular formula is C12H17N3O3. The van der Waals surface area contributed by atoms with Crippen molar-refractivity contribution < 1.29 is 14.3 Å². The first-order chi connectivity index (χ1) is 8.69. The van der Waals surface area contributed by atoms with E-state index in [1.807, 2.05) is 6.92 Å². The van der Waals surface area contributed by atoms with E-state index < -0.39 is 5.97 Å². The number of ether oxygens (including phenoxy) is 1. The second kappa shape index (κ2) is 7.26. The van der Waals surface area contributed by atoms with E-state index in [0.29, 0.717) is 13.2 Å². The Morgan fingerprint density at radius 2 is 2.00 bits per heavy atom. The maximum atomic E-state index is 11.9. The number of nitrogens with zero attached hydrogens (tertiary/aromatic N) is 2. The van der Waals surface area contributed by atoms with Gasteiger partial charge < -0.3 is 10.1 Å². The molecular weight excluding hydrogens is 234 g/mol. The Morgan fingerprint density at radius 1 is 1.33 bits per heavy atom. The quantitative estimate of drug-likeness (QED) is 0.798. The number of pyridine rings is 1. The van der Waals surface area contributed by atoms with E-state index in [9.17, 15) is 9.59 Å². The number of carbonyl (C=O) groups is 2. The number of anilines is 1. The maximum Gasteiger partial charge on any atom is 0.325 e. The van der Waals surface area contributed by atoms with Crippen LogP contribution in [0.2, 0.25) is 0 Å². The molecule has 1 N–H and O–H groups in total. The van der Waals surface area contributed by atoms with Gasteiger partial charge in [0.1, 0.15) is 6.54 Å². The van der Waals surface area contributed by atoms with E-state index in [-0.39, 0.29) is 12.6 Å². The lowest BCUT2D eigenvalue weighted by molar-refractivity contribution is -0.141. The van der Waals surface area contributed by atoms with Crippen molar-refractivity contribution in [2.24, 2.45) is 0 Å². The van der Waals surface area contributed by atoms with E-state index in [4.69, 9.17) is 4.74 Å². The molecule has 98 valence electrons. The van der Waals surface area contributed by atoms with E-state index in [1.165, 1.54) is 4.90 Å². The second-order valence-corrected chi connectivity index (χ2v) is 3.41. The molecule has 0 spiro atoms. The average molecular weight is 251 g/mol. The fourth-order valence-electron chi connectivity index (χ4n) is 1.42. The fourth-order valence-corrected chi connectivity index (χ4v) is 1.42. The van der Waals surface area contributed by atoms with Crippen LogP contribution in [0.4, 0.5) is 10.5 Å². The van der Waals surface area contributed by atoms with Gasteiger partial charge >= 0.3 is 12.0 Å². The first kappa shape index (κ1) is 14.0. The van der Waals surface area contributed by atoms with E-state index in [0.717, 1.165) is 5.69 Å². The van der Waals surface area contributed by atoms with Crippen molar-refractivity contribution in [3.63, 3.8) is 0 Å². The largest absolute Gasteiger partial charge is 0.465 e. The van der Waals surface area contributed by atoms with E-state index >= 15 is 0 Å². The molecule has 18 heavy (non-hydrogen) atoms. The van der Waals surface area contributed by atoms with Crippen LogP contribution in [-0.2, 0) is 9.53 Å². The number of rotatable bonds is 5. The van der Waals surface area contributed by atoms with Crippen LogP contribution < -0.4 is 10.2 Å². The minimum absolute atomic E-state index is 0.131. The Balaban J connectivity index is 2.56. The van der Waals surface area contributed by atoms with Gasteiger partial charge in [0, 0.05) is 24.6 Å². The molecule has 0 aromatic carbocycles. The van der Waals surface area contributed by atoms with Gasteiger partial charge in [0.25, 0.3) is 0 Å². The molecule has 2 amide bonds. The summed E-state index contributed by atoms with van der Waals surface area (Å²) < 4.78 is 4.73. The molecule has 0 saturated heterocycles. The molecule has 0 radical (unpaired) electrons. The number of aromatic nitrogens is 1. The highest BCUT2D eigenvalue weighted by Gasteiger charge is 2.14. The third-order valence-corrected chi connectivity index (χ3v) is 2.23. The average Bonchev–Trinajstić information content (AvgIpc) is 2.39. The van der Waals surface area contributed by atoms with Gasteiger partial charge in [-0.2, -0.15) is 0 Å². The summed E-state index contributed by atoms with van der Waals surface area (Å²) in [6, 6.07) is 3.12. The van der Waals surface area contributed by atoms with Crippen molar-refractivity contribution in [1.29, 1.82) is 0 Å². The number of nitrogens with one attached hydrogen (secondary N) is 1. The predicted octanol–water partition coefficient (Wildman–Crippen LogP) is 1.18. The van der Waals surface area contributed by atoms with Crippen molar-refractivity contribution in [2.75, 3.05) is 24.6 Å². The van der Waals surface area contributed by atoms with Gasteiger partial charge in [0.05, 0.1) is 6.61 Å². The Bertz CT molecular complexity index is 395. The van der Waals surface area contributed by atoms with E-state index in [1.54, 1.807) is 31.5 Å². The lowest BCUT2D eigenvalue weighted by Gasteiger charge is -2.20. The molecule has 0 bridgehead atoms. The van der Waals surface area contributed by atoms with Crippen molar-refractivity contribution in [3.05, 3.63) is 24.5 Å². The molecule has 6 heteroatoms. The SMILES string of the molecule is CCOC(=O)CNC(=O)N(CC)c1ccncc1. The van der Waals surface area contributed by atoms with Gasteiger partial charge in [-0.15, -0.1) is 0 Å². The first-order valence-electron chi connectivity index (χ1n) is 5.80. The van der Waals surface area contributed by atoms with Gasteiger partial charge in [-0.3, -0.25) is 14.7 Å². The van der Waals surface area contributed by atoms with Gasteiger partial charge in [-0.25, -0.2) is 4.79 Å². The van der Waals surface area contributed by atoms with Crippen LogP contribution in [0.5, 0.6) is 0 Å². The third-order valence-electron chi connectivity index (χ3n) is 2.23. The van der Waals surface area contributed by atoms with Crippen LogP contribution in [0.15, 0.2) is 24.5 Å². The minimum atomic E-state index is -0.448. The molecule has 0 saturated carbocycles. The molecule has 0 atom stereocenters. The highest BCUT2D eigenvalue weighted by Crippen LogP contribution is 2.11. The summed E-state index contributed by atoms with van der Waals surface area (Å²) in [5.41, 5.74) is 0.730. The van der Waals surface area contributed by atoms with Crippen LogP contribution in [0.1, 0.15) is 13.8 Å². The monoisotopic (exact) mass is 251 g/mol. The van der Waals surface area contributed by atoms with Gasteiger partial charge in [-0.05, 0) is 26.0 Å². The molecule has 0 aliphatic heterocycles. The summed E-state index contributed by atoms with van der Waals surface area (Å²) in [5, 5.41) is 2.51. The molecule has 6 nitrogen and oxygen atoms in total. The number of carbonyl (C=O) groups excluding carboxylic acids is 2. The van der Waals surface area contributed by atoms with Crippen LogP contribution in [0.25, 0.3) is 0 Å². The lowest BCUT2D eigenvalue weighted by atomic mass is 10.3. The molecule has 1 rings (SSSR count). The second-order valence-electron chi connectivity index (χ2n) is 3.41. The van der Waals surface area contributed by atoms with Crippen LogP contribution >= 0.6 is 0 Å². The fraction of sp³-hybridized carbons (Fsp3) is 0.417. The summed E-state index contributed by atoms with van der Waals surface area (Å²) in [6.07, 6.45) is 3.22. The molecule has 0 aliphatic carbocycles. The minimum Gasteiger partial charge on any atom is -0.465 e. The summed E-state index contributed by atoms with van der Waals surface area (Å²) >= 11 is 0. The summed E-state index contributed by atoms with van der Waals surface area (Å²) in [5.74, 6) is -0.448. The Morgan fingerprint density at radius 3 is 2.56 bits per heavy atom. The number of hydrogen-bond donors (Lipinski definition) is 1. The smallest absolute Gasteiger partial charge is 0.325 e. The number of hydrogen-bond acceptors (Lipinski definition) is 4. The Hall–Kier alpha value is -2.11. The number of urea groups is 1. The predicted molar refractivity (Wildman–Crippen MR) is 67.3 cm³/mol. The van der Waals surface area contributed by atoms with Crippen molar-refractivity contribution in [3.8, 4) is 0 Å². The van der Waals surface area contributed by atoms with Gasteiger partial charge in [0.2, 0.25) is 0 Å². The van der Waals surface area contributed by atoms with Crippen molar-refractivity contribution in [2.45, 2.75) is 13.8 Å². The topological polar surface area (TPSA) is 71.5 Å².